The lowest BCUT2D eigenvalue weighted by atomic mass is 10.2. The molecule has 0 aromatic heterocycles. The van der Waals surface area contributed by atoms with Crippen molar-refractivity contribution in [2.45, 2.75) is 12.5 Å². The summed E-state index contributed by atoms with van der Waals surface area (Å²) in [6.07, 6.45) is 3.50. The highest BCUT2D eigenvalue weighted by atomic mass is 31.2. The fourth-order valence-electron chi connectivity index (χ4n) is 2.03. The van der Waals surface area contributed by atoms with Gasteiger partial charge >= 0.3 is 7.75 Å². The van der Waals surface area contributed by atoms with Crippen LogP contribution in [-0.4, -0.2) is 63.5 Å². The number of nitrogens with one attached hydrogen (secondary N) is 2. The second-order valence-corrected chi connectivity index (χ2v) is 7.40. The van der Waals surface area contributed by atoms with Gasteiger partial charge in [0.1, 0.15) is 12.0 Å². The molecule has 2 amide bonds. The maximum Gasteiger partial charge on any atom is 0.459 e. The normalized spacial score (nSPS) is 14.0. The molecule has 29 heavy (non-hydrogen) atoms. The Hall–Kier alpha value is -2.52. The van der Waals surface area contributed by atoms with Crippen molar-refractivity contribution in [2.75, 3.05) is 33.9 Å². The van der Waals surface area contributed by atoms with Crippen molar-refractivity contribution in [3.63, 3.8) is 0 Å². The minimum atomic E-state index is -3.82. The van der Waals surface area contributed by atoms with E-state index in [9.17, 15) is 18.9 Å². The average Bonchev–Trinajstić information content (AvgIpc) is 2.74. The zero-order chi connectivity index (χ0) is 21.5. The summed E-state index contributed by atoms with van der Waals surface area (Å²) in [6, 6.07) is 8.39. The third kappa shape index (κ3) is 10.00. The molecule has 0 saturated heterocycles. The molecule has 1 aromatic rings. The SMILES string of the molecule is CNC(=O)/C=C\N(C=O)CCC(CO[P@@](=O)(NCC=O)Oc1ccccc1)OC. The Balaban J connectivity index is 2.66. The molecule has 0 aliphatic rings. The Morgan fingerprint density at radius 3 is 2.59 bits per heavy atom. The van der Waals surface area contributed by atoms with E-state index >= 15 is 0 Å². The van der Waals surface area contributed by atoms with E-state index in [0.717, 1.165) is 0 Å². The third-order valence-corrected chi connectivity index (χ3v) is 5.12. The topological polar surface area (TPSA) is 123 Å². The van der Waals surface area contributed by atoms with Crippen LogP contribution in [0.15, 0.2) is 42.6 Å². The van der Waals surface area contributed by atoms with E-state index in [1.165, 1.54) is 31.3 Å². The van der Waals surface area contributed by atoms with E-state index in [0.29, 0.717) is 24.9 Å². The fraction of sp³-hybridized carbons (Fsp3) is 0.389. The minimum absolute atomic E-state index is 0.113. The van der Waals surface area contributed by atoms with E-state index in [2.05, 4.69) is 10.4 Å². The second kappa shape index (κ2) is 13.6. The Morgan fingerprint density at radius 2 is 2.00 bits per heavy atom. The van der Waals surface area contributed by atoms with E-state index in [1.807, 2.05) is 0 Å². The lowest BCUT2D eigenvalue weighted by Crippen LogP contribution is -2.28. The zero-order valence-corrected chi connectivity index (χ0v) is 17.2. The summed E-state index contributed by atoms with van der Waals surface area (Å²) in [6.45, 7) is -0.0895. The molecule has 1 aromatic carbocycles. The molecule has 0 heterocycles. The number of aldehydes is 1. The van der Waals surface area contributed by atoms with Gasteiger partial charge in [-0.15, -0.1) is 0 Å². The van der Waals surface area contributed by atoms with E-state index in [1.54, 1.807) is 30.3 Å². The number of methoxy groups -OCH3 is 1. The molecule has 1 unspecified atom stereocenters. The Bertz CT molecular complexity index is 715. The largest absolute Gasteiger partial charge is 0.459 e. The van der Waals surface area contributed by atoms with Crippen LogP contribution in [0.3, 0.4) is 0 Å². The first-order chi connectivity index (χ1) is 14.0. The van der Waals surface area contributed by atoms with Crippen molar-refractivity contribution in [3.8, 4) is 5.75 Å². The molecular weight excluding hydrogens is 401 g/mol. The van der Waals surface area contributed by atoms with Crippen LogP contribution in [0.5, 0.6) is 5.75 Å². The Morgan fingerprint density at radius 1 is 1.28 bits per heavy atom. The molecule has 0 aliphatic heterocycles. The summed E-state index contributed by atoms with van der Waals surface area (Å²) in [5, 5.41) is 4.86. The highest BCUT2D eigenvalue weighted by molar-refractivity contribution is 7.52. The molecule has 1 rings (SSSR count). The number of benzene rings is 1. The molecule has 0 aliphatic carbocycles. The number of amides is 2. The van der Waals surface area contributed by atoms with Gasteiger partial charge < -0.3 is 24.3 Å². The van der Waals surface area contributed by atoms with Crippen molar-refractivity contribution in [1.29, 1.82) is 0 Å². The smallest absolute Gasteiger partial charge is 0.413 e. The summed E-state index contributed by atoms with van der Waals surface area (Å²) in [5.41, 5.74) is 0. The van der Waals surface area contributed by atoms with Crippen LogP contribution in [0, 0.1) is 0 Å². The van der Waals surface area contributed by atoms with Gasteiger partial charge in [0.15, 0.2) is 0 Å². The number of carbonyl (C=O) groups excluding carboxylic acids is 3. The van der Waals surface area contributed by atoms with Gasteiger partial charge in [0.25, 0.3) is 0 Å². The number of likely N-dealkylation sites (N-methyl/N-ethyl adjacent to an activating group) is 1. The first-order valence-electron chi connectivity index (χ1n) is 8.78. The summed E-state index contributed by atoms with van der Waals surface area (Å²) in [5.74, 6) is -0.0293. The van der Waals surface area contributed by atoms with Crippen molar-refractivity contribution >= 4 is 26.3 Å². The zero-order valence-electron chi connectivity index (χ0n) is 16.4. The second-order valence-electron chi connectivity index (χ2n) is 5.65. The van der Waals surface area contributed by atoms with Crippen LogP contribution >= 0.6 is 7.75 Å². The molecule has 0 bridgehead atoms. The predicted octanol–water partition coefficient (Wildman–Crippen LogP) is 1.10. The summed E-state index contributed by atoms with van der Waals surface area (Å²) < 4.78 is 29.0. The van der Waals surface area contributed by atoms with Crippen molar-refractivity contribution in [1.82, 2.24) is 15.3 Å². The molecular formula is C18H26N3O7P. The van der Waals surface area contributed by atoms with Gasteiger partial charge in [-0.25, -0.2) is 9.65 Å². The lowest BCUT2D eigenvalue weighted by molar-refractivity contribution is -0.116. The number of para-hydroxylation sites is 1. The third-order valence-electron chi connectivity index (χ3n) is 3.61. The van der Waals surface area contributed by atoms with Gasteiger partial charge in [0.05, 0.1) is 19.3 Å². The van der Waals surface area contributed by atoms with Gasteiger partial charge in [0, 0.05) is 33.0 Å². The van der Waals surface area contributed by atoms with E-state index in [4.69, 9.17) is 13.8 Å². The minimum Gasteiger partial charge on any atom is -0.413 e. The number of hydrogen-bond acceptors (Lipinski definition) is 7. The maximum absolute atomic E-state index is 12.9. The van der Waals surface area contributed by atoms with Crippen LogP contribution < -0.4 is 14.9 Å². The number of nitrogens with zero attached hydrogens (tertiary/aromatic N) is 1. The Kier molecular flexibility index (Phi) is 11.5. The summed E-state index contributed by atoms with van der Waals surface area (Å²) >= 11 is 0. The highest BCUT2D eigenvalue weighted by Gasteiger charge is 2.27. The van der Waals surface area contributed by atoms with Crippen LogP contribution in [0.25, 0.3) is 0 Å². The van der Waals surface area contributed by atoms with Gasteiger partial charge in [-0.1, -0.05) is 18.2 Å². The van der Waals surface area contributed by atoms with Crippen LogP contribution in [-0.2, 0) is 28.2 Å². The van der Waals surface area contributed by atoms with E-state index < -0.39 is 13.9 Å². The molecule has 0 spiro atoms. The molecule has 11 heteroatoms. The first-order valence-corrected chi connectivity index (χ1v) is 10.3. The molecule has 0 fully saturated rings. The molecule has 2 atom stereocenters. The molecule has 0 radical (unpaired) electrons. The lowest BCUT2D eigenvalue weighted by Gasteiger charge is -2.23. The molecule has 0 saturated carbocycles. The quantitative estimate of drug-likeness (QED) is 0.242. The van der Waals surface area contributed by atoms with Gasteiger partial charge in [-0.3, -0.25) is 14.1 Å². The monoisotopic (exact) mass is 427 g/mol. The fourth-order valence-corrected chi connectivity index (χ4v) is 3.29. The van der Waals surface area contributed by atoms with Crippen molar-refractivity contribution in [3.05, 3.63) is 42.6 Å². The summed E-state index contributed by atoms with van der Waals surface area (Å²) in [4.78, 5) is 34.2. The predicted molar refractivity (Wildman–Crippen MR) is 106 cm³/mol. The number of carbonyl (C=O) groups is 3. The van der Waals surface area contributed by atoms with Crippen molar-refractivity contribution in [2.24, 2.45) is 0 Å². The maximum atomic E-state index is 12.9. The molecule has 160 valence electrons. The van der Waals surface area contributed by atoms with E-state index in [-0.39, 0.29) is 25.6 Å². The van der Waals surface area contributed by atoms with Gasteiger partial charge in [0.2, 0.25) is 12.3 Å². The average molecular weight is 427 g/mol. The first kappa shape index (κ1) is 24.5. The van der Waals surface area contributed by atoms with Crippen molar-refractivity contribution < 1.29 is 32.7 Å². The molecule has 10 nitrogen and oxygen atoms in total. The number of rotatable bonds is 15. The summed E-state index contributed by atoms with van der Waals surface area (Å²) in [7, 11) is -0.898. The van der Waals surface area contributed by atoms with Gasteiger partial charge in [-0.2, -0.15) is 0 Å². The highest BCUT2D eigenvalue weighted by Crippen LogP contribution is 2.44. The van der Waals surface area contributed by atoms with Crippen LogP contribution in [0.1, 0.15) is 6.42 Å². The number of hydrogen-bond donors (Lipinski definition) is 2. The molecule has 2 N–H and O–H groups in total. The van der Waals surface area contributed by atoms with Crippen LogP contribution in [0.2, 0.25) is 0 Å². The van der Waals surface area contributed by atoms with Crippen LogP contribution in [0.4, 0.5) is 0 Å². The van der Waals surface area contributed by atoms with Gasteiger partial charge in [-0.05, 0) is 18.6 Å². The standard InChI is InChI=1S/C18H26N3O7P/c1-19-18(24)9-12-21(15-23)11-8-17(26-2)14-27-29(25,20-10-13-22)28-16-6-4-3-5-7-16/h3-7,9,12-13,15,17H,8,10-11,14H2,1-2H3,(H,19,24)(H,20,25)/b12-9-/t17?,29-/m0/s1. The number of ether oxygens (including phenoxy) is 1. The Labute approximate surface area is 169 Å².